The van der Waals surface area contributed by atoms with E-state index in [1.165, 1.54) is 0 Å². The van der Waals surface area contributed by atoms with Gasteiger partial charge in [0.1, 0.15) is 0 Å². The van der Waals surface area contributed by atoms with E-state index in [0.29, 0.717) is 15.6 Å². The van der Waals surface area contributed by atoms with E-state index < -0.39 is 12.1 Å². The molecule has 92 valence electrons. The zero-order valence-electron chi connectivity index (χ0n) is 9.15. The Kier molecular flexibility index (Phi) is 6.68. The van der Waals surface area contributed by atoms with E-state index in [9.17, 15) is 5.11 Å². The molecular weight excluding hydrogens is 268 g/mol. The van der Waals surface area contributed by atoms with E-state index in [1.54, 1.807) is 18.2 Å². The highest BCUT2D eigenvalue weighted by atomic mass is 35.5. The minimum Gasteiger partial charge on any atom is -0.391 e. The highest BCUT2D eigenvalue weighted by Crippen LogP contribution is 2.31. The van der Waals surface area contributed by atoms with Gasteiger partial charge in [-0.15, -0.1) is 12.4 Å². The Labute approximate surface area is 112 Å². The summed E-state index contributed by atoms with van der Waals surface area (Å²) in [4.78, 5) is 0. The molecule has 1 aromatic rings. The molecule has 3 N–H and O–H groups in total. The SMILES string of the molecule is CC(C)[C@H](O)[C@H](N)c1cccc(Cl)c1Cl.Cl. The lowest BCUT2D eigenvalue weighted by molar-refractivity contribution is 0.0980. The van der Waals surface area contributed by atoms with Crippen LogP contribution in [0.15, 0.2) is 18.2 Å². The molecule has 2 nitrogen and oxygen atoms in total. The molecule has 0 spiro atoms. The second-order valence-corrected chi connectivity index (χ2v) is 4.69. The van der Waals surface area contributed by atoms with Crippen LogP contribution in [0, 0.1) is 5.92 Å². The monoisotopic (exact) mass is 283 g/mol. The summed E-state index contributed by atoms with van der Waals surface area (Å²) >= 11 is 11.9. The molecule has 0 amide bonds. The van der Waals surface area contributed by atoms with Gasteiger partial charge in [0.05, 0.1) is 22.2 Å². The smallest absolute Gasteiger partial charge is 0.0756 e. The minimum atomic E-state index is -0.624. The fraction of sp³-hybridized carbons (Fsp3) is 0.455. The molecular formula is C11H16Cl3NO. The van der Waals surface area contributed by atoms with E-state index in [2.05, 4.69) is 0 Å². The highest BCUT2D eigenvalue weighted by molar-refractivity contribution is 6.42. The van der Waals surface area contributed by atoms with Crippen molar-refractivity contribution in [2.24, 2.45) is 11.7 Å². The number of nitrogens with two attached hydrogens (primary N) is 1. The van der Waals surface area contributed by atoms with Crippen molar-refractivity contribution in [2.45, 2.75) is 26.0 Å². The van der Waals surface area contributed by atoms with Gasteiger partial charge in [-0.1, -0.05) is 49.2 Å². The van der Waals surface area contributed by atoms with Crippen molar-refractivity contribution in [3.63, 3.8) is 0 Å². The fourth-order valence-electron chi connectivity index (χ4n) is 1.38. The summed E-state index contributed by atoms with van der Waals surface area (Å²) in [6.07, 6.45) is -0.624. The van der Waals surface area contributed by atoms with E-state index in [4.69, 9.17) is 28.9 Å². The molecule has 2 atom stereocenters. The van der Waals surface area contributed by atoms with Crippen molar-refractivity contribution < 1.29 is 5.11 Å². The first-order chi connectivity index (χ1) is 6.95. The van der Waals surface area contributed by atoms with Crippen LogP contribution in [0.5, 0.6) is 0 Å². The van der Waals surface area contributed by atoms with Crippen LogP contribution >= 0.6 is 35.6 Å². The Morgan fingerprint density at radius 1 is 1.25 bits per heavy atom. The van der Waals surface area contributed by atoms with Crippen LogP contribution in [0.4, 0.5) is 0 Å². The van der Waals surface area contributed by atoms with E-state index in [-0.39, 0.29) is 18.3 Å². The van der Waals surface area contributed by atoms with Crippen LogP contribution < -0.4 is 5.73 Å². The first-order valence-corrected chi connectivity index (χ1v) is 5.58. The first-order valence-electron chi connectivity index (χ1n) is 4.82. The molecule has 0 heterocycles. The molecule has 0 saturated heterocycles. The molecule has 0 fully saturated rings. The quantitative estimate of drug-likeness (QED) is 0.893. The van der Waals surface area contributed by atoms with Gasteiger partial charge in [0.2, 0.25) is 0 Å². The standard InChI is InChI=1S/C11H15Cl2NO.ClH/c1-6(2)11(15)10(14)7-4-3-5-8(12)9(7)13;/h3-6,10-11,15H,14H2,1-2H3;1H/t10-,11+;/m1./s1. The molecule has 0 saturated carbocycles. The molecule has 1 rings (SSSR count). The van der Waals surface area contributed by atoms with Crippen LogP contribution in [-0.2, 0) is 0 Å². The molecule has 0 aliphatic heterocycles. The van der Waals surface area contributed by atoms with Gasteiger partial charge in [-0.2, -0.15) is 0 Å². The van der Waals surface area contributed by atoms with Crippen LogP contribution in [0.1, 0.15) is 25.5 Å². The highest BCUT2D eigenvalue weighted by Gasteiger charge is 2.22. The Balaban J connectivity index is 0.00000225. The topological polar surface area (TPSA) is 46.2 Å². The molecule has 5 heteroatoms. The summed E-state index contributed by atoms with van der Waals surface area (Å²) in [5.41, 5.74) is 6.60. The number of hydrogen-bond acceptors (Lipinski definition) is 2. The van der Waals surface area contributed by atoms with Gasteiger partial charge in [-0.25, -0.2) is 0 Å². The van der Waals surface area contributed by atoms with Crippen molar-refractivity contribution in [1.29, 1.82) is 0 Å². The van der Waals surface area contributed by atoms with Gasteiger partial charge in [-0.05, 0) is 17.5 Å². The van der Waals surface area contributed by atoms with Crippen LogP contribution in [0.2, 0.25) is 10.0 Å². The third kappa shape index (κ3) is 3.51. The molecule has 0 bridgehead atoms. The summed E-state index contributed by atoms with van der Waals surface area (Å²) < 4.78 is 0. The number of aliphatic hydroxyl groups is 1. The average molecular weight is 285 g/mol. The maximum Gasteiger partial charge on any atom is 0.0756 e. The summed E-state index contributed by atoms with van der Waals surface area (Å²) in [5.74, 6) is 0.0787. The Bertz CT molecular complexity index is 344. The first kappa shape index (κ1) is 16.0. The molecule has 0 radical (unpaired) electrons. The zero-order chi connectivity index (χ0) is 11.6. The van der Waals surface area contributed by atoms with Crippen molar-refractivity contribution >= 4 is 35.6 Å². The number of benzene rings is 1. The fourth-order valence-corrected chi connectivity index (χ4v) is 1.81. The maximum absolute atomic E-state index is 9.84. The van der Waals surface area contributed by atoms with Crippen LogP contribution in [0.25, 0.3) is 0 Å². The van der Waals surface area contributed by atoms with Crippen LogP contribution in [0.3, 0.4) is 0 Å². The predicted molar refractivity (Wildman–Crippen MR) is 71.5 cm³/mol. The third-order valence-electron chi connectivity index (χ3n) is 2.39. The third-order valence-corrected chi connectivity index (χ3v) is 3.23. The van der Waals surface area contributed by atoms with Gasteiger partial charge in [0.15, 0.2) is 0 Å². The lowest BCUT2D eigenvalue weighted by Crippen LogP contribution is -2.30. The molecule has 0 aliphatic carbocycles. The molecule has 1 aromatic carbocycles. The average Bonchev–Trinajstić information content (AvgIpc) is 2.20. The molecule has 16 heavy (non-hydrogen) atoms. The second-order valence-electron chi connectivity index (χ2n) is 3.90. The number of aliphatic hydroxyl groups excluding tert-OH is 1. The van der Waals surface area contributed by atoms with E-state index in [0.717, 1.165) is 0 Å². The maximum atomic E-state index is 9.84. The molecule has 0 unspecified atom stereocenters. The largest absolute Gasteiger partial charge is 0.391 e. The van der Waals surface area contributed by atoms with Crippen molar-refractivity contribution in [3.8, 4) is 0 Å². The Morgan fingerprint density at radius 3 is 2.31 bits per heavy atom. The number of rotatable bonds is 3. The van der Waals surface area contributed by atoms with Crippen molar-refractivity contribution in [2.75, 3.05) is 0 Å². The van der Waals surface area contributed by atoms with Crippen molar-refractivity contribution in [1.82, 2.24) is 0 Å². The lowest BCUT2D eigenvalue weighted by Gasteiger charge is -2.23. The predicted octanol–water partition coefficient (Wildman–Crippen LogP) is 3.43. The summed E-state index contributed by atoms with van der Waals surface area (Å²) in [7, 11) is 0. The normalized spacial score (nSPS) is 14.4. The molecule has 0 aromatic heterocycles. The van der Waals surface area contributed by atoms with Gasteiger partial charge in [0.25, 0.3) is 0 Å². The minimum absolute atomic E-state index is 0. The van der Waals surface area contributed by atoms with E-state index >= 15 is 0 Å². The zero-order valence-corrected chi connectivity index (χ0v) is 11.5. The molecule has 0 aliphatic rings. The second kappa shape index (κ2) is 6.67. The Hall–Kier alpha value is 0.01000. The van der Waals surface area contributed by atoms with Crippen LogP contribution in [-0.4, -0.2) is 11.2 Å². The number of halogens is 3. The van der Waals surface area contributed by atoms with Gasteiger partial charge in [0, 0.05) is 0 Å². The summed E-state index contributed by atoms with van der Waals surface area (Å²) in [6.45, 7) is 3.81. The van der Waals surface area contributed by atoms with Gasteiger partial charge >= 0.3 is 0 Å². The summed E-state index contributed by atoms with van der Waals surface area (Å²) in [5, 5.41) is 10.7. The summed E-state index contributed by atoms with van der Waals surface area (Å²) in [6, 6.07) is 4.75. The van der Waals surface area contributed by atoms with Gasteiger partial charge in [-0.3, -0.25) is 0 Å². The van der Waals surface area contributed by atoms with Gasteiger partial charge < -0.3 is 10.8 Å². The number of hydrogen-bond donors (Lipinski definition) is 2. The Morgan fingerprint density at radius 2 is 1.81 bits per heavy atom. The lowest BCUT2D eigenvalue weighted by atomic mass is 9.94. The van der Waals surface area contributed by atoms with E-state index in [1.807, 2.05) is 13.8 Å². The van der Waals surface area contributed by atoms with Crippen molar-refractivity contribution in [3.05, 3.63) is 33.8 Å².